The maximum absolute atomic E-state index is 12.7. The maximum Gasteiger partial charge on any atom is 0.330 e. The number of hydrogen-bond acceptors (Lipinski definition) is 4. The fourth-order valence-corrected chi connectivity index (χ4v) is 3.67. The van der Waals surface area contributed by atoms with E-state index in [0.29, 0.717) is 13.0 Å². The van der Waals surface area contributed by atoms with Crippen LogP contribution < -0.4 is 4.74 Å². The van der Waals surface area contributed by atoms with Gasteiger partial charge in [-0.15, -0.1) is 0 Å². The first-order valence-corrected chi connectivity index (χ1v) is 11.2. The van der Waals surface area contributed by atoms with Crippen LogP contribution in [0.5, 0.6) is 5.75 Å². The number of ether oxygens (including phenoxy) is 2. The summed E-state index contributed by atoms with van der Waals surface area (Å²) in [5, 5.41) is 0. The quantitative estimate of drug-likeness (QED) is 0.237. The Morgan fingerprint density at radius 1 is 0.706 bits per heavy atom. The van der Waals surface area contributed by atoms with Crippen molar-refractivity contribution < 1.29 is 14.3 Å². The third-order valence-corrected chi connectivity index (χ3v) is 5.45. The number of hydrogen-bond donors (Lipinski definition) is 0. The lowest BCUT2D eigenvalue weighted by molar-refractivity contribution is -0.142. The van der Waals surface area contributed by atoms with E-state index in [9.17, 15) is 4.79 Å². The molecule has 0 saturated carbocycles. The van der Waals surface area contributed by atoms with E-state index < -0.39 is 6.04 Å². The first kappa shape index (κ1) is 23.0. The Morgan fingerprint density at radius 3 is 1.76 bits per heavy atom. The number of esters is 1. The van der Waals surface area contributed by atoms with Crippen LogP contribution in [-0.4, -0.2) is 24.8 Å². The summed E-state index contributed by atoms with van der Waals surface area (Å²) in [5.41, 5.74) is 4.76. The van der Waals surface area contributed by atoms with Crippen LogP contribution in [0.1, 0.15) is 22.3 Å². The summed E-state index contributed by atoms with van der Waals surface area (Å²) in [5.74, 6) is 0.411. The van der Waals surface area contributed by atoms with E-state index in [1.54, 1.807) is 0 Å². The summed E-state index contributed by atoms with van der Waals surface area (Å²) in [4.78, 5) is 17.6. The molecule has 1 atom stereocenters. The van der Waals surface area contributed by atoms with Gasteiger partial charge in [0.2, 0.25) is 0 Å². The van der Waals surface area contributed by atoms with E-state index >= 15 is 0 Å². The third kappa shape index (κ3) is 6.20. The summed E-state index contributed by atoms with van der Waals surface area (Å²) in [6.07, 6.45) is 0.425. The molecular weight excluding hydrogens is 422 g/mol. The number of carbonyl (C=O) groups is 1. The molecule has 0 aliphatic heterocycles. The molecule has 4 aromatic rings. The van der Waals surface area contributed by atoms with Crippen LogP contribution in [0, 0.1) is 0 Å². The molecule has 4 aromatic carbocycles. The lowest BCUT2D eigenvalue weighted by atomic mass is 10.0. The minimum Gasteiger partial charge on any atom is -0.489 e. The molecule has 0 aliphatic carbocycles. The van der Waals surface area contributed by atoms with Crippen molar-refractivity contribution in [3.63, 3.8) is 0 Å². The monoisotopic (exact) mass is 449 g/mol. The van der Waals surface area contributed by atoms with Gasteiger partial charge in [0.05, 0.1) is 12.8 Å². The van der Waals surface area contributed by atoms with E-state index in [1.807, 2.05) is 115 Å². The van der Waals surface area contributed by atoms with E-state index in [-0.39, 0.29) is 5.97 Å². The van der Waals surface area contributed by atoms with Crippen molar-refractivity contribution in [3.05, 3.63) is 138 Å². The smallest absolute Gasteiger partial charge is 0.330 e. The van der Waals surface area contributed by atoms with Crippen LogP contribution in [-0.2, 0) is 22.6 Å². The number of carbonyl (C=O) groups excluding carboxylic acids is 1. The fraction of sp³-hybridized carbons (Fsp3) is 0.133. The molecule has 0 aromatic heterocycles. The Hall–Kier alpha value is -4.18. The van der Waals surface area contributed by atoms with Gasteiger partial charge in [-0.25, -0.2) is 4.79 Å². The van der Waals surface area contributed by atoms with Crippen molar-refractivity contribution in [1.82, 2.24) is 0 Å². The van der Waals surface area contributed by atoms with Crippen molar-refractivity contribution in [1.29, 1.82) is 0 Å². The van der Waals surface area contributed by atoms with Gasteiger partial charge in [0.15, 0.2) is 6.04 Å². The molecule has 170 valence electrons. The van der Waals surface area contributed by atoms with E-state index in [2.05, 4.69) is 0 Å². The van der Waals surface area contributed by atoms with Gasteiger partial charge in [-0.3, -0.25) is 4.99 Å². The average Bonchev–Trinajstić information content (AvgIpc) is 2.91. The predicted molar refractivity (Wildman–Crippen MR) is 135 cm³/mol. The molecule has 0 amide bonds. The zero-order valence-corrected chi connectivity index (χ0v) is 19.1. The highest BCUT2D eigenvalue weighted by atomic mass is 16.5. The molecule has 34 heavy (non-hydrogen) atoms. The number of rotatable bonds is 9. The summed E-state index contributed by atoms with van der Waals surface area (Å²) in [7, 11) is 1.40. The van der Waals surface area contributed by atoms with Crippen molar-refractivity contribution >= 4 is 11.7 Å². The zero-order valence-electron chi connectivity index (χ0n) is 19.1. The second-order valence-corrected chi connectivity index (χ2v) is 7.87. The standard InChI is InChI=1S/C30H27NO3/c1-33-30(32)28(31-29(25-13-7-3-8-14-25)26-15-9-4-10-16-26)21-23-17-19-27(20-18-23)34-22-24-11-5-2-6-12-24/h2-20,28H,21-22H2,1H3. The molecule has 0 saturated heterocycles. The number of nitrogens with zero attached hydrogens (tertiary/aromatic N) is 1. The molecule has 0 heterocycles. The largest absolute Gasteiger partial charge is 0.489 e. The second-order valence-electron chi connectivity index (χ2n) is 7.87. The van der Waals surface area contributed by atoms with Crippen molar-refractivity contribution in [2.24, 2.45) is 4.99 Å². The Morgan fingerprint density at radius 2 is 1.24 bits per heavy atom. The minimum absolute atomic E-state index is 0.367. The molecule has 0 bridgehead atoms. The number of benzene rings is 4. The highest BCUT2D eigenvalue weighted by Crippen LogP contribution is 2.18. The maximum atomic E-state index is 12.7. The zero-order chi connectivity index (χ0) is 23.6. The van der Waals surface area contributed by atoms with Crippen LogP contribution in [0.3, 0.4) is 0 Å². The number of methoxy groups -OCH3 is 1. The van der Waals surface area contributed by atoms with Crippen LogP contribution in [0.4, 0.5) is 0 Å². The molecule has 0 fully saturated rings. The van der Waals surface area contributed by atoms with E-state index in [1.165, 1.54) is 7.11 Å². The van der Waals surface area contributed by atoms with Gasteiger partial charge >= 0.3 is 5.97 Å². The van der Waals surface area contributed by atoms with Crippen LogP contribution in [0.15, 0.2) is 120 Å². The minimum atomic E-state index is -0.670. The van der Waals surface area contributed by atoms with Crippen LogP contribution in [0.25, 0.3) is 0 Å². The molecule has 0 radical (unpaired) electrons. The van der Waals surface area contributed by atoms with Gasteiger partial charge in [0, 0.05) is 17.5 Å². The predicted octanol–water partition coefficient (Wildman–Crippen LogP) is 5.89. The first-order chi connectivity index (χ1) is 16.7. The molecule has 4 nitrogen and oxygen atoms in total. The van der Waals surface area contributed by atoms with Crippen molar-refractivity contribution in [2.75, 3.05) is 7.11 Å². The first-order valence-electron chi connectivity index (χ1n) is 11.2. The van der Waals surface area contributed by atoms with Gasteiger partial charge in [-0.2, -0.15) is 0 Å². The Balaban J connectivity index is 1.55. The van der Waals surface area contributed by atoms with E-state index in [4.69, 9.17) is 14.5 Å². The van der Waals surface area contributed by atoms with Gasteiger partial charge in [0.1, 0.15) is 12.4 Å². The summed E-state index contributed by atoms with van der Waals surface area (Å²) in [6, 6.07) is 36.9. The lowest BCUT2D eigenvalue weighted by Crippen LogP contribution is -2.25. The topological polar surface area (TPSA) is 47.9 Å². The lowest BCUT2D eigenvalue weighted by Gasteiger charge is -2.15. The Kier molecular flexibility index (Phi) is 7.86. The number of aliphatic imine (C=N–C) groups is 1. The highest BCUT2D eigenvalue weighted by molar-refractivity contribution is 6.13. The van der Waals surface area contributed by atoms with Gasteiger partial charge in [-0.1, -0.05) is 103 Å². The van der Waals surface area contributed by atoms with Gasteiger partial charge < -0.3 is 9.47 Å². The molecule has 0 spiro atoms. The van der Waals surface area contributed by atoms with Crippen LogP contribution >= 0.6 is 0 Å². The molecule has 0 N–H and O–H groups in total. The molecule has 0 aliphatic rings. The van der Waals surface area contributed by atoms with E-state index in [0.717, 1.165) is 33.7 Å². The normalized spacial score (nSPS) is 11.3. The Bertz CT molecular complexity index is 1160. The Labute approximate surface area is 200 Å². The summed E-state index contributed by atoms with van der Waals surface area (Å²) >= 11 is 0. The van der Waals surface area contributed by atoms with Crippen LogP contribution in [0.2, 0.25) is 0 Å². The summed E-state index contributed by atoms with van der Waals surface area (Å²) in [6.45, 7) is 0.507. The van der Waals surface area contributed by atoms with Crippen molar-refractivity contribution in [2.45, 2.75) is 19.1 Å². The van der Waals surface area contributed by atoms with Gasteiger partial charge in [-0.05, 0) is 23.3 Å². The molecule has 4 heteroatoms. The van der Waals surface area contributed by atoms with Crippen molar-refractivity contribution in [3.8, 4) is 5.75 Å². The molecule has 1 unspecified atom stereocenters. The average molecular weight is 450 g/mol. The highest BCUT2D eigenvalue weighted by Gasteiger charge is 2.21. The fourth-order valence-electron chi connectivity index (χ4n) is 3.67. The third-order valence-electron chi connectivity index (χ3n) is 5.45. The summed E-state index contributed by atoms with van der Waals surface area (Å²) < 4.78 is 11.0. The second kappa shape index (κ2) is 11.6. The molecular formula is C30H27NO3. The van der Waals surface area contributed by atoms with Gasteiger partial charge in [0.25, 0.3) is 0 Å². The molecule has 4 rings (SSSR count). The SMILES string of the molecule is COC(=O)C(Cc1ccc(OCc2ccccc2)cc1)N=C(c1ccccc1)c1ccccc1.